The number of rotatable bonds is 3. The Bertz CT molecular complexity index is 353. The molecule has 1 aromatic rings. The minimum absolute atomic E-state index is 0.0114. The van der Waals surface area contributed by atoms with Crippen molar-refractivity contribution in [2.45, 2.75) is 40.7 Å². The molecule has 0 radical (unpaired) electrons. The molecule has 1 N–H and O–H groups in total. The summed E-state index contributed by atoms with van der Waals surface area (Å²) in [6, 6.07) is 1.98. The highest BCUT2D eigenvalue weighted by Crippen LogP contribution is 2.21. The average Bonchev–Trinajstić information content (AvgIpc) is 2.44. The summed E-state index contributed by atoms with van der Waals surface area (Å²) in [7, 11) is 0. The lowest BCUT2D eigenvalue weighted by molar-refractivity contribution is -0.124. The molecule has 15 heavy (non-hydrogen) atoms. The third kappa shape index (κ3) is 2.85. The van der Waals surface area contributed by atoms with Gasteiger partial charge in [0.1, 0.15) is 11.5 Å². The first-order chi connectivity index (χ1) is 6.91. The summed E-state index contributed by atoms with van der Waals surface area (Å²) in [6.45, 7) is 9.57. The van der Waals surface area contributed by atoms with E-state index in [1.54, 1.807) is 0 Å². The van der Waals surface area contributed by atoms with E-state index in [-0.39, 0.29) is 17.9 Å². The maximum atomic E-state index is 11.5. The fraction of sp³-hybridized carbons (Fsp3) is 0.583. The molecule has 0 aliphatic heterocycles. The van der Waals surface area contributed by atoms with Crippen LogP contribution in [0.1, 0.15) is 43.9 Å². The molecule has 0 bridgehead atoms. The molecule has 1 unspecified atom stereocenters. The molecule has 1 atom stereocenters. The highest BCUT2D eigenvalue weighted by molar-refractivity contribution is 5.78. The molecule has 0 saturated carbocycles. The zero-order valence-electron chi connectivity index (χ0n) is 10.0. The molecule has 0 aliphatic carbocycles. The first-order valence-corrected chi connectivity index (χ1v) is 5.29. The van der Waals surface area contributed by atoms with Gasteiger partial charge in [0.05, 0.1) is 6.04 Å². The zero-order chi connectivity index (χ0) is 11.6. The van der Waals surface area contributed by atoms with E-state index in [0.29, 0.717) is 0 Å². The quantitative estimate of drug-likeness (QED) is 0.831. The predicted octanol–water partition coefficient (Wildman–Crippen LogP) is 2.73. The van der Waals surface area contributed by atoms with Crippen LogP contribution in [-0.2, 0) is 4.79 Å². The van der Waals surface area contributed by atoms with Gasteiger partial charge in [-0.25, -0.2) is 0 Å². The molecule has 1 heterocycles. The molecule has 0 fully saturated rings. The Morgan fingerprint density at radius 1 is 1.33 bits per heavy atom. The normalized spacial score (nSPS) is 12.9. The van der Waals surface area contributed by atoms with Gasteiger partial charge in [-0.2, -0.15) is 0 Å². The van der Waals surface area contributed by atoms with E-state index in [2.05, 4.69) is 5.32 Å². The third-order valence-corrected chi connectivity index (χ3v) is 2.43. The largest absolute Gasteiger partial charge is 0.466 e. The summed E-state index contributed by atoms with van der Waals surface area (Å²) in [5.41, 5.74) is 1.06. The third-order valence-electron chi connectivity index (χ3n) is 2.43. The van der Waals surface area contributed by atoms with Crippen molar-refractivity contribution in [3.8, 4) is 0 Å². The Hall–Kier alpha value is -1.25. The average molecular weight is 209 g/mol. The van der Waals surface area contributed by atoms with Crippen molar-refractivity contribution in [3.05, 3.63) is 23.2 Å². The van der Waals surface area contributed by atoms with E-state index in [9.17, 15) is 4.79 Å². The molecule has 0 saturated heterocycles. The van der Waals surface area contributed by atoms with Gasteiger partial charge < -0.3 is 9.73 Å². The summed E-state index contributed by atoms with van der Waals surface area (Å²) in [5, 5.41) is 2.95. The van der Waals surface area contributed by atoms with Crippen LogP contribution in [-0.4, -0.2) is 5.91 Å². The van der Waals surface area contributed by atoms with Gasteiger partial charge >= 0.3 is 0 Å². The number of amides is 1. The van der Waals surface area contributed by atoms with Crippen molar-refractivity contribution < 1.29 is 9.21 Å². The minimum atomic E-state index is 0.0114. The van der Waals surface area contributed by atoms with Crippen molar-refractivity contribution in [2.24, 2.45) is 5.92 Å². The van der Waals surface area contributed by atoms with Gasteiger partial charge in [-0.1, -0.05) is 13.8 Å². The van der Waals surface area contributed by atoms with Crippen molar-refractivity contribution in [2.75, 3.05) is 0 Å². The van der Waals surface area contributed by atoms with E-state index in [1.165, 1.54) is 0 Å². The first-order valence-electron chi connectivity index (χ1n) is 5.29. The molecule has 3 nitrogen and oxygen atoms in total. The Balaban J connectivity index is 2.73. The molecule has 1 aromatic heterocycles. The number of hydrogen-bond acceptors (Lipinski definition) is 2. The fourth-order valence-electron chi connectivity index (χ4n) is 1.54. The van der Waals surface area contributed by atoms with Gasteiger partial charge in [-0.05, 0) is 26.8 Å². The Kier molecular flexibility index (Phi) is 3.56. The zero-order valence-corrected chi connectivity index (χ0v) is 10.0. The Labute approximate surface area is 90.9 Å². The first kappa shape index (κ1) is 11.8. The molecule has 0 spiro atoms. The van der Waals surface area contributed by atoms with Crippen molar-refractivity contribution in [3.63, 3.8) is 0 Å². The molecular formula is C12H19NO2. The Morgan fingerprint density at radius 3 is 2.33 bits per heavy atom. The van der Waals surface area contributed by atoms with E-state index in [0.717, 1.165) is 17.1 Å². The smallest absolute Gasteiger partial charge is 0.223 e. The molecular weight excluding hydrogens is 190 g/mol. The molecule has 0 aromatic carbocycles. The number of aryl methyl sites for hydroxylation is 2. The van der Waals surface area contributed by atoms with Crippen LogP contribution >= 0.6 is 0 Å². The highest BCUT2D eigenvalue weighted by atomic mass is 16.3. The maximum absolute atomic E-state index is 11.5. The van der Waals surface area contributed by atoms with Gasteiger partial charge in [0, 0.05) is 11.5 Å². The predicted molar refractivity (Wildman–Crippen MR) is 59.6 cm³/mol. The number of hydrogen-bond donors (Lipinski definition) is 1. The van der Waals surface area contributed by atoms with Gasteiger partial charge in [0.15, 0.2) is 0 Å². The SMILES string of the molecule is Cc1cc(C(C)NC(=O)C(C)C)c(C)o1. The summed E-state index contributed by atoms with van der Waals surface area (Å²) < 4.78 is 5.43. The fourth-order valence-corrected chi connectivity index (χ4v) is 1.54. The van der Waals surface area contributed by atoms with Crippen molar-refractivity contribution in [1.82, 2.24) is 5.32 Å². The topological polar surface area (TPSA) is 42.2 Å². The summed E-state index contributed by atoms with van der Waals surface area (Å²) in [6.07, 6.45) is 0. The van der Waals surface area contributed by atoms with Crippen LogP contribution in [0.15, 0.2) is 10.5 Å². The van der Waals surface area contributed by atoms with Crippen LogP contribution in [0, 0.1) is 19.8 Å². The summed E-state index contributed by atoms with van der Waals surface area (Å²) in [5.74, 6) is 1.85. The number of furan rings is 1. The lowest BCUT2D eigenvalue weighted by Gasteiger charge is -2.14. The lowest BCUT2D eigenvalue weighted by Crippen LogP contribution is -2.30. The van der Waals surface area contributed by atoms with Gasteiger partial charge in [0.25, 0.3) is 0 Å². The standard InChI is InChI=1S/C12H19NO2/c1-7(2)12(14)13-9(4)11-6-8(3)15-10(11)5/h6-7,9H,1-5H3,(H,13,14). The van der Waals surface area contributed by atoms with Crippen LogP contribution in [0.3, 0.4) is 0 Å². The second kappa shape index (κ2) is 4.51. The number of nitrogens with one attached hydrogen (secondary N) is 1. The van der Waals surface area contributed by atoms with Gasteiger partial charge in [-0.3, -0.25) is 4.79 Å². The summed E-state index contributed by atoms with van der Waals surface area (Å²) in [4.78, 5) is 11.5. The van der Waals surface area contributed by atoms with Crippen molar-refractivity contribution >= 4 is 5.91 Å². The maximum Gasteiger partial charge on any atom is 0.223 e. The van der Waals surface area contributed by atoms with Gasteiger partial charge in [-0.15, -0.1) is 0 Å². The second-order valence-electron chi connectivity index (χ2n) is 4.25. The second-order valence-corrected chi connectivity index (χ2v) is 4.25. The van der Waals surface area contributed by atoms with Crippen LogP contribution < -0.4 is 5.32 Å². The van der Waals surface area contributed by atoms with Crippen LogP contribution in [0.4, 0.5) is 0 Å². The number of carbonyl (C=O) groups excluding carboxylic acids is 1. The van der Waals surface area contributed by atoms with Gasteiger partial charge in [0.2, 0.25) is 5.91 Å². The molecule has 84 valence electrons. The molecule has 1 rings (SSSR count). The van der Waals surface area contributed by atoms with Crippen LogP contribution in [0.2, 0.25) is 0 Å². The molecule has 0 aliphatic rings. The van der Waals surface area contributed by atoms with Crippen molar-refractivity contribution in [1.29, 1.82) is 0 Å². The van der Waals surface area contributed by atoms with Crippen LogP contribution in [0.25, 0.3) is 0 Å². The van der Waals surface area contributed by atoms with E-state index in [4.69, 9.17) is 4.42 Å². The number of carbonyl (C=O) groups is 1. The molecule has 1 amide bonds. The Morgan fingerprint density at radius 2 is 1.93 bits per heavy atom. The minimum Gasteiger partial charge on any atom is -0.466 e. The van der Waals surface area contributed by atoms with E-state index in [1.807, 2.05) is 40.7 Å². The monoisotopic (exact) mass is 209 g/mol. The summed E-state index contributed by atoms with van der Waals surface area (Å²) >= 11 is 0. The highest BCUT2D eigenvalue weighted by Gasteiger charge is 2.16. The van der Waals surface area contributed by atoms with E-state index >= 15 is 0 Å². The molecule has 3 heteroatoms. The van der Waals surface area contributed by atoms with E-state index < -0.39 is 0 Å². The van der Waals surface area contributed by atoms with Crippen LogP contribution in [0.5, 0.6) is 0 Å². The lowest BCUT2D eigenvalue weighted by atomic mass is 10.1.